The molecule has 0 aliphatic carbocycles. The molecule has 74 valence electrons. The summed E-state index contributed by atoms with van der Waals surface area (Å²) in [7, 11) is 0. The van der Waals surface area contributed by atoms with Gasteiger partial charge >= 0.3 is 0 Å². The summed E-state index contributed by atoms with van der Waals surface area (Å²) in [4.78, 5) is 3.74. The second kappa shape index (κ2) is 4.98. The molecule has 1 aromatic rings. The summed E-state index contributed by atoms with van der Waals surface area (Å²) in [5, 5.41) is 9.01. The number of hydrogen-bond donors (Lipinski definition) is 0. The van der Waals surface area contributed by atoms with Crippen LogP contribution < -0.4 is 0 Å². The van der Waals surface area contributed by atoms with Gasteiger partial charge in [-0.1, -0.05) is 15.9 Å². The lowest BCUT2D eigenvalue weighted by molar-refractivity contribution is 0.150. The van der Waals surface area contributed by atoms with Gasteiger partial charge in [0.15, 0.2) is 0 Å². The Balaban J connectivity index is 3.42. The molecule has 0 aromatic carbocycles. The van der Waals surface area contributed by atoms with Gasteiger partial charge in [-0.15, -0.1) is 0 Å². The molecule has 0 saturated heterocycles. The maximum Gasteiger partial charge on any atom is 0.265 e. The van der Waals surface area contributed by atoms with Gasteiger partial charge in [-0.25, -0.2) is 13.8 Å². The zero-order valence-electron chi connectivity index (χ0n) is 6.77. The molecule has 1 aromatic heterocycles. The summed E-state index contributed by atoms with van der Waals surface area (Å²) < 4.78 is 25.4. The van der Waals surface area contributed by atoms with Gasteiger partial charge in [0.05, 0.1) is 5.56 Å². The average Bonchev–Trinajstić information content (AvgIpc) is 2.16. The number of aromatic nitrogens is 1. The van der Waals surface area contributed by atoms with Crippen molar-refractivity contribution in [3.8, 4) is 6.07 Å². The average molecular weight is 373 g/mol. The van der Waals surface area contributed by atoms with Gasteiger partial charge in [-0.2, -0.15) is 5.26 Å². The highest BCUT2D eigenvalue weighted by molar-refractivity contribution is 14.1. The monoisotopic (exact) mass is 372 g/mol. The van der Waals surface area contributed by atoms with Crippen LogP contribution in [-0.2, 0) is 5.33 Å². The van der Waals surface area contributed by atoms with E-state index in [-0.39, 0.29) is 16.5 Å². The van der Waals surface area contributed by atoms with Crippen molar-refractivity contribution in [1.29, 1.82) is 5.26 Å². The van der Waals surface area contributed by atoms with Gasteiger partial charge in [0, 0.05) is 17.1 Å². The van der Waals surface area contributed by atoms with Crippen molar-refractivity contribution in [2.75, 3.05) is 0 Å². The topological polar surface area (TPSA) is 36.7 Å². The molecule has 0 aliphatic heterocycles. The lowest BCUT2D eigenvalue weighted by atomic mass is 10.1. The number of halogens is 4. The number of alkyl halides is 3. The van der Waals surface area contributed by atoms with Crippen molar-refractivity contribution in [2.45, 2.75) is 11.8 Å². The molecule has 0 radical (unpaired) electrons. The van der Waals surface area contributed by atoms with E-state index in [0.717, 1.165) is 6.20 Å². The van der Waals surface area contributed by atoms with Crippen molar-refractivity contribution >= 4 is 38.5 Å². The first-order valence-electron chi connectivity index (χ1n) is 3.53. The first-order valence-corrected chi connectivity index (χ1v) is 5.73. The molecule has 0 atom stereocenters. The summed E-state index contributed by atoms with van der Waals surface area (Å²) in [6, 6.07) is 1.88. The maximum atomic E-state index is 12.5. The quantitative estimate of drug-likeness (QED) is 0.453. The highest BCUT2D eigenvalue weighted by Crippen LogP contribution is 2.28. The third-order valence-corrected chi connectivity index (χ3v) is 3.03. The predicted molar refractivity (Wildman–Crippen MR) is 59.3 cm³/mol. The smallest absolute Gasteiger partial charge is 0.248 e. The number of pyridine rings is 1. The third kappa shape index (κ3) is 2.20. The standard InChI is InChI=1S/C8H4BrF2IN2/c9-1-4-5(2-13)8(12)14-3-6(4)7(10)11/h3,7H,1H2. The Labute approximate surface area is 102 Å². The van der Waals surface area contributed by atoms with E-state index in [2.05, 4.69) is 20.9 Å². The Morgan fingerprint density at radius 3 is 2.71 bits per heavy atom. The van der Waals surface area contributed by atoms with Crippen LogP contribution in [0.3, 0.4) is 0 Å². The lowest BCUT2D eigenvalue weighted by Gasteiger charge is -2.08. The fraction of sp³-hybridized carbons (Fsp3) is 0.250. The zero-order valence-corrected chi connectivity index (χ0v) is 10.5. The first kappa shape index (κ1) is 11.8. The van der Waals surface area contributed by atoms with Gasteiger partial charge in [-0.05, 0) is 28.2 Å². The van der Waals surface area contributed by atoms with Crippen LogP contribution in [0, 0.1) is 15.0 Å². The van der Waals surface area contributed by atoms with Gasteiger partial charge in [0.25, 0.3) is 6.43 Å². The van der Waals surface area contributed by atoms with E-state index in [4.69, 9.17) is 5.26 Å². The molecule has 0 unspecified atom stereocenters. The van der Waals surface area contributed by atoms with Crippen LogP contribution in [0.15, 0.2) is 6.20 Å². The minimum atomic E-state index is -2.60. The number of nitriles is 1. The molecule has 0 amide bonds. The van der Waals surface area contributed by atoms with Gasteiger partial charge in [0.1, 0.15) is 9.77 Å². The number of rotatable bonds is 2. The van der Waals surface area contributed by atoms with Crippen molar-refractivity contribution < 1.29 is 8.78 Å². The van der Waals surface area contributed by atoms with E-state index in [1.165, 1.54) is 0 Å². The Morgan fingerprint density at radius 2 is 2.29 bits per heavy atom. The van der Waals surface area contributed by atoms with Crippen molar-refractivity contribution in [3.63, 3.8) is 0 Å². The van der Waals surface area contributed by atoms with E-state index in [1.54, 1.807) is 0 Å². The van der Waals surface area contributed by atoms with Crippen molar-refractivity contribution in [3.05, 3.63) is 26.6 Å². The fourth-order valence-electron chi connectivity index (χ4n) is 0.983. The summed E-state index contributed by atoms with van der Waals surface area (Å²) in [6.07, 6.45) is -1.48. The van der Waals surface area contributed by atoms with Crippen LogP contribution in [0.5, 0.6) is 0 Å². The van der Waals surface area contributed by atoms with Crippen LogP contribution in [0.25, 0.3) is 0 Å². The number of hydrogen-bond acceptors (Lipinski definition) is 2. The molecule has 6 heteroatoms. The molecule has 0 bridgehead atoms. The first-order chi connectivity index (χ1) is 6.61. The second-order valence-electron chi connectivity index (χ2n) is 2.40. The third-order valence-electron chi connectivity index (χ3n) is 1.65. The van der Waals surface area contributed by atoms with Crippen LogP contribution in [0.2, 0.25) is 0 Å². The Morgan fingerprint density at radius 1 is 1.64 bits per heavy atom. The predicted octanol–water partition coefficient (Wildman–Crippen LogP) is 3.39. The van der Waals surface area contributed by atoms with Crippen LogP contribution in [-0.4, -0.2) is 4.98 Å². The summed E-state index contributed by atoms with van der Waals surface area (Å²) in [5.74, 6) is 0. The van der Waals surface area contributed by atoms with Gasteiger partial charge in [-0.3, -0.25) is 0 Å². The van der Waals surface area contributed by atoms with E-state index in [0.29, 0.717) is 9.26 Å². The van der Waals surface area contributed by atoms with E-state index >= 15 is 0 Å². The summed E-state index contributed by atoms with van der Waals surface area (Å²) in [5.41, 5.74) is 0.362. The molecule has 0 N–H and O–H groups in total. The second-order valence-corrected chi connectivity index (χ2v) is 3.99. The van der Waals surface area contributed by atoms with Gasteiger partial charge in [0.2, 0.25) is 0 Å². The van der Waals surface area contributed by atoms with Gasteiger partial charge < -0.3 is 0 Å². The van der Waals surface area contributed by atoms with Crippen molar-refractivity contribution in [1.82, 2.24) is 4.98 Å². The van der Waals surface area contributed by atoms with E-state index in [9.17, 15) is 8.78 Å². The molecule has 1 heterocycles. The molecule has 0 spiro atoms. The van der Waals surface area contributed by atoms with Crippen LogP contribution >= 0.6 is 38.5 Å². The molecule has 14 heavy (non-hydrogen) atoms. The molecular formula is C8H4BrF2IN2. The normalized spacial score (nSPS) is 10.3. The molecule has 0 aliphatic rings. The Hall–Kier alpha value is -0.290. The summed E-state index contributed by atoms with van der Waals surface area (Å²) >= 11 is 4.94. The minimum absolute atomic E-state index is 0.182. The Bertz CT molecular complexity index is 390. The summed E-state index contributed by atoms with van der Waals surface area (Å²) in [6.45, 7) is 0. The van der Waals surface area contributed by atoms with E-state index in [1.807, 2.05) is 28.7 Å². The van der Waals surface area contributed by atoms with Crippen LogP contribution in [0.4, 0.5) is 8.78 Å². The fourth-order valence-corrected chi connectivity index (χ4v) is 2.17. The highest BCUT2D eigenvalue weighted by Gasteiger charge is 2.18. The molecule has 0 fully saturated rings. The zero-order chi connectivity index (χ0) is 10.7. The molecule has 1 rings (SSSR count). The Kier molecular flexibility index (Phi) is 4.19. The SMILES string of the molecule is N#Cc1c(I)ncc(C(F)F)c1CBr. The lowest BCUT2D eigenvalue weighted by Crippen LogP contribution is -2.01. The maximum absolute atomic E-state index is 12.5. The van der Waals surface area contributed by atoms with E-state index < -0.39 is 6.43 Å². The van der Waals surface area contributed by atoms with Crippen LogP contribution in [0.1, 0.15) is 23.1 Å². The molecule has 0 saturated carbocycles. The largest absolute Gasteiger partial charge is 0.265 e. The minimum Gasteiger partial charge on any atom is -0.248 e. The molecule has 2 nitrogen and oxygen atoms in total. The number of nitrogens with zero attached hydrogens (tertiary/aromatic N) is 2. The van der Waals surface area contributed by atoms with Crippen molar-refractivity contribution in [2.24, 2.45) is 0 Å². The molecular weight excluding hydrogens is 369 g/mol. The highest BCUT2D eigenvalue weighted by atomic mass is 127.